The fraction of sp³-hybridized carbons (Fsp3) is 0.350. The van der Waals surface area contributed by atoms with Crippen molar-refractivity contribution in [3.8, 4) is 0 Å². The molecular formula is C20H21N7O5S4. The molecule has 1 unspecified atom stereocenters. The van der Waals surface area contributed by atoms with Crippen LogP contribution in [0.4, 0.5) is 5.82 Å². The van der Waals surface area contributed by atoms with Gasteiger partial charge in [-0.05, 0) is 28.8 Å². The van der Waals surface area contributed by atoms with Crippen LogP contribution in [0.3, 0.4) is 0 Å². The zero-order valence-electron chi connectivity index (χ0n) is 18.5. The summed E-state index contributed by atoms with van der Waals surface area (Å²) in [6.45, 7) is 0.561. The van der Waals surface area contributed by atoms with Gasteiger partial charge in [0.05, 0.1) is 9.90 Å². The Morgan fingerprint density at radius 3 is 2.89 bits per heavy atom. The zero-order valence-corrected chi connectivity index (χ0v) is 21.8. The Morgan fingerprint density at radius 1 is 1.39 bits per heavy atom. The highest BCUT2D eigenvalue weighted by Crippen LogP contribution is 2.46. The number of nitrogens with one attached hydrogen (secondary N) is 1. The number of thioether (sulfide) groups is 3. The third-order valence-corrected chi connectivity index (χ3v) is 9.85. The van der Waals surface area contributed by atoms with E-state index in [9.17, 15) is 24.4 Å². The topological polar surface area (TPSA) is 194 Å². The van der Waals surface area contributed by atoms with Gasteiger partial charge in [0.25, 0.3) is 11.8 Å². The number of carbonyl (C=O) groups is 3. The number of hydrogen-bond donors (Lipinski definition) is 4. The number of carboxylic acids is 1. The van der Waals surface area contributed by atoms with Crippen LogP contribution >= 0.6 is 46.8 Å². The van der Waals surface area contributed by atoms with Crippen molar-refractivity contribution in [3.05, 3.63) is 51.2 Å². The van der Waals surface area contributed by atoms with E-state index >= 15 is 0 Å². The summed E-state index contributed by atoms with van der Waals surface area (Å²) in [7, 11) is 0. The number of hydrogen-bond acceptors (Lipinski definition) is 13. The quantitative estimate of drug-likeness (QED) is 0.174. The van der Waals surface area contributed by atoms with Crippen molar-refractivity contribution >= 4 is 70.4 Å². The van der Waals surface area contributed by atoms with Gasteiger partial charge < -0.3 is 21.9 Å². The molecule has 36 heavy (non-hydrogen) atoms. The first-order chi connectivity index (χ1) is 17.3. The van der Waals surface area contributed by atoms with Gasteiger partial charge in [0.1, 0.15) is 22.9 Å². The van der Waals surface area contributed by atoms with Crippen molar-refractivity contribution in [1.29, 1.82) is 0 Å². The minimum absolute atomic E-state index is 0.0530. The predicted octanol–water partition coefficient (Wildman–Crippen LogP) is 1.61. The second-order valence-electron chi connectivity index (χ2n) is 7.55. The van der Waals surface area contributed by atoms with E-state index in [0.29, 0.717) is 23.0 Å². The van der Waals surface area contributed by atoms with Crippen LogP contribution in [0.1, 0.15) is 17.3 Å². The molecule has 2 aliphatic rings. The van der Waals surface area contributed by atoms with Gasteiger partial charge in [0.15, 0.2) is 0 Å². The van der Waals surface area contributed by atoms with E-state index in [2.05, 4.69) is 19.9 Å². The maximum atomic E-state index is 13.0. The smallest absolute Gasteiger partial charge is 0.353 e. The van der Waals surface area contributed by atoms with E-state index in [4.69, 9.17) is 11.5 Å². The minimum Gasteiger partial charge on any atom is -0.477 e. The molecule has 2 amide bonds. The summed E-state index contributed by atoms with van der Waals surface area (Å²) in [4.78, 5) is 54.9. The molecule has 0 aromatic carbocycles. The lowest BCUT2D eigenvalue weighted by Crippen LogP contribution is -2.70. The highest BCUT2D eigenvalue weighted by atomic mass is 32.2. The number of nitrogens with zero attached hydrogens (tertiary/aromatic N) is 4. The minimum atomic E-state index is -1.49. The predicted molar refractivity (Wildman–Crippen MR) is 140 cm³/mol. The number of carboxylic acid groups (broad SMARTS) is 1. The zero-order chi connectivity index (χ0) is 25.8. The number of rotatable bonds is 11. The van der Waals surface area contributed by atoms with Gasteiger partial charge in [-0.1, -0.05) is 17.8 Å². The molecule has 1 fully saturated rings. The molecule has 1 saturated heterocycles. The molecule has 0 radical (unpaired) electrons. The van der Waals surface area contributed by atoms with E-state index in [0.717, 1.165) is 15.5 Å². The first-order valence-corrected chi connectivity index (χ1v) is 14.3. The summed E-state index contributed by atoms with van der Waals surface area (Å²) in [6.07, 6.45) is 1.75. The lowest BCUT2D eigenvalue weighted by Gasteiger charge is -2.49. The molecule has 0 saturated carbocycles. The number of nitroso groups, excluding NO2 is 1. The molecule has 4 heterocycles. The maximum absolute atomic E-state index is 13.0. The van der Waals surface area contributed by atoms with Gasteiger partial charge in [-0.2, -0.15) is 16.1 Å². The number of amides is 2. The van der Waals surface area contributed by atoms with Crippen molar-refractivity contribution in [2.75, 3.05) is 23.8 Å². The molecule has 190 valence electrons. The maximum Gasteiger partial charge on any atom is 0.353 e. The molecule has 16 heteroatoms. The van der Waals surface area contributed by atoms with Crippen molar-refractivity contribution in [1.82, 2.24) is 19.6 Å². The fourth-order valence-corrected chi connectivity index (χ4v) is 7.99. The van der Waals surface area contributed by atoms with Crippen molar-refractivity contribution < 1.29 is 19.5 Å². The molecule has 2 aliphatic heterocycles. The molecule has 3 atom stereocenters. The molecule has 4 rings (SSSR count). The Kier molecular flexibility index (Phi) is 8.50. The van der Waals surface area contributed by atoms with Crippen molar-refractivity contribution in [2.45, 2.75) is 27.4 Å². The number of nitrogens with two attached hydrogens (primary N) is 2. The number of β-lactam (4-membered cyclic amide) rings is 1. The standard InChI is InChI=1S/C20H21N7O5S4/c21-4-5-33-7-9-6-23-36-20(9)35-11-8-34-18-14(17(29)27(18)15(11)19(30)31)25-16(28)13(26-32)10-2-1-3-12(22)24-10/h1-3,6,13-14,18H,4-5,7-8,21H2,(H2,22,24)(H,25,28)(H,30,31)/t13?,14-,18+/m1/s1. The third-order valence-electron chi connectivity index (χ3n) is 5.20. The second-order valence-corrected chi connectivity index (χ2v) is 11.9. The SMILES string of the molecule is NCCSCc1cnsc1SC1=C(C(=O)O)N2C(=O)[C@@H](NC(=O)C(N=O)c3cccc(N)n3)[C@@H]2SC1. The number of pyridine rings is 1. The number of aromatic nitrogens is 2. The molecule has 2 aromatic rings. The van der Waals surface area contributed by atoms with E-state index in [-0.39, 0.29) is 17.2 Å². The Balaban J connectivity index is 1.49. The molecule has 12 nitrogen and oxygen atoms in total. The highest BCUT2D eigenvalue weighted by Gasteiger charge is 2.54. The summed E-state index contributed by atoms with van der Waals surface area (Å²) in [5.41, 5.74) is 12.1. The van der Waals surface area contributed by atoms with E-state index in [1.165, 1.54) is 58.2 Å². The summed E-state index contributed by atoms with van der Waals surface area (Å²) in [5.74, 6) is -0.689. The van der Waals surface area contributed by atoms with Gasteiger partial charge in [0.2, 0.25) is 6.04 Å². The van der Waals surface area contributed by atoms with Crippen LogP contribution in [0.2, 0.25) is 0 Å². The monoisotopic (exact) mass is 567 g/mol. The van der Waals surface area contributed by atoms with Gasteiger partial charge in [-0.15, -0.1) is 16.7 Å². The van der Waals surface area contributed by atoms with Crippen LogP contribution in [0, 0.1) is 4.91 Å². The lowest BCUT2D eigenvalue weighted by molar-refractivity contribution is -0.150. The van der Waals surface area contributed by atoms with E-state index in [1.54, 1.807) is 18.0 Å². The summed E-state index contributed by atoms with van der Waals surface area (Å²) in [5, 5.41) is 14.7. The molecule has 0 bridgehead atoms. The Morgan fingerprint density at radius 2 is 2.19 bits per heavy atom. The third kappa shape index (κ3) is 5.36. The number of anilines is 1. The van der Waals surface area contributed by atoms with Crippen molar-refractivity contribution in [2.24, 2.45) is 10.9 Å². The largest absolute Gasteiger partial charge is 0.477 e. The van der Waals surface area contributed by atoms with Crippen LogP contribution in [0.15, 0.2) is 44.4 Å². The Bertz CT molecular complexity index is 1220. The summed E-state index contributed by atoms with van der Waals surface area (Å²) < 4.78 is 5.08. The average molecular weight is 568 g/mol. The first-order valence-electron chi connectivity index (χ1n) is 10.5. The van der Waals surface area contributed by atoms with Crippen molar-refractivity contribution in [3.63, 3.8) is 0 Å². The first kappa shape index (κ1) is 26.4. The van der Waals surface area contributed by atoms with Crippen LogP contribution < -0.4 is 16.8 Å². The average Bonchev–Trinajstić information content (AvgIpc) is 3.29. The molecule has 0 spiro atoms. The normalized spacial score (nSPS) is 19.9. The molecule has 2 aromatic heterocycles. The number of carbonyl (C=O) groups excluding carboxylic acids is 2. The number of aliphatic carboxylic acids is 1. The van der Waals surface area contributed by atoms with Gasteiger partial charge >= 0.3 is 5.97 Å². The van der Waals surface area contributed by atoms with E-state index in [1.807, 2.05) is 0 Å². The van der Waals surface area contributed by atoms with Crippen LogP contribution in [-0.4, -0.2) is 66.6 Å². The van der Waals surface area contributed by atoms with E-state index < -0.39 is 35.2 Å². The van der Waals surface area contributed by atoms with Gasteiger partial charge in [0, 0.05) is 40.5 Å². The van der Waals surface area contributed by atoms with Gasteiger partial charge in [-0.25, -0.2) is 9.78 Å². The molecular weight excluding hydrogens is 547 g/mol. The molecule has 0 aliphatic carbocycles. The lowest BCUT2D eigenvalue weighted by atomic mass is 10.0. The van der Waals surface area contributed by atoms with Gasteiger partial charge in [-0.3, -0.25) is 14.5 Å². The Labute approximate surface area is 222 Å². The Hall–Kier alpha value is -2.66. The molecule has 6 N–H and O–H groups in total. The highest BCUT2D eigenvalue weighted by molar-refractivity contribution is 8.07. The van der Waals surface area contributed by atoms with Crippen LogP contribution in [0.5, 0.6) is 0 Å². The second kappa shape index (κ2) is 11.6. The van der Waals surface area contributed by atoms with Crippen LogP contribution in [0.25, 0.3) is 0 Å². The number of fused-ring (bicyclic) bond motifs is 1. The number of nitrogen functional groups attached to an aromatic ring is 1. The summed E-state index contributed by atoms with van der Waals surface area (Å²) in [6, 6.07) is 1.97. The fourth-order valence-electron chi connectivity index (χ4n) is 3.57. The summed E-state index contributed by atoms with van der Waals surface area (Å²) >= 11 is 5.54. The van der Waals surface area contributed by atoms with Crippen LogP contribution in [-0.2, 0) is 20.1 Å².